The molecule has 7 heteroatoms. The Morgan fingerprint density at radius 2 is 2.15 bits per heavy atom. The molecule has 1 N–H and O–H groups in total. The summed E-state index contributed by atoms with van der Waals surface area (Å²) in [6, 6.07) is 1.89. The Bertz CT molecular complexity index is 600. The van der Waals surface area contributed by atoms with Gasteiger partial charge in [0.2, 0.25) is 10.0 Å². The molecule has 0 saturated heterocycles. The van der Waals surface area contributed by atoms with Gasteiger partial charge in [-0.1, -0.05) is 18.5 Å². The van der Waals surface area contributed by atoms with Gasteiger partial charge in [0, 0.05) is 13.6 Å². The van der Waals surface area contributed by atoms with E-state index in [0.29, 0.717) is 16.8 Å². The summed E-state index contributed by atoms with van der Waals surface area (Å²) < 4.78 is 24.5. The van der Waals surface area contributed by atoms with Crippen molar-refractivity contribution in [1.82, 2.24) is 4.98 Å². The van der Waals surface area contributed by atoms with Crippen LogP contribution in [0.25, 0.3) is 0 Å². The average Bonchev–Trinajstić information content (AvgIpc) is 3.19. The summed E-state index contributed by atoms with van der Waals surface area (Å²) >= 11 is 6.26. The van der Waals surface area contributed by atoms with E-state index in [2.05, 4.69) is 10.3 Å². The highest BCUT2D eigenvalue weighted by Gasteiger charge is 2.23. The van der Waals surface area contributed by atoms with E-state index in [4.69, 9.17) is 11.6 Å². The number of aryl methyl sites for hydroxylation is 1. The van der Waals surface area contributed by atoms with Crippen LogP contribution in [0.5, 0.6) is 0 Å². The molecule has 1 saturated carbocycles. The first-order valence-corrected chi connectivity index (χ1v) is 8.92. The van der Waals surface area contributed by atoms with E-state index in [0.717, 1.165) is 29.1 Å². The Kier molecular flexibility index (Phi) is 4.44. The smallest absolute Gasteiger partial charge is 0.233 e. The highest BCUT2D eigenvalue weighted by Crippen LogP contribution is 2.32. The lowest BCUT2D eigenvalue weighted by Gasteiger charge is -2.20. The van der Waals surface area contributed by atoms with Crippen LogP contribution in [-0.2, 0) is 16.4 Å². The van der Waals surface area contributed by atoms with Crippen LogP contribution in [0.3, 0.4) is 0 Å². The Labute approximate surface area is 125 Å². The number of halogens is 1. The van der Waals surface area contributed by atoms with Crippen LogP contribution in [0, 0.1) is 5.92 Å². The van der Waals surface area contributed by atoms with Crippen molar-refractivity contribution >= 4 is 33.3 Å². The summed E-state index contributed by atoms with van der Waals surface area (Å²) in [4.78, 5) is 4.35. The van der Waals surface area contributed by atoms with Gasteiger partial charge in [0.25, 0.3) is 0 Å². The predicted octanol–water partition coefficient (Wildman–Crippen LogP) is 2.52. The molecular weight excluding hydrogens is 298 g/mol. The minimum absolute atomic E-state index is 0.284. The standard InChI is InChI=1S/C13H20ClN3O2S/c1-4-10-7-11(15-8-9-5-6-9)16-13(12(10)14)17(2)20(3,18)19/h7,9H,4-6,8H2,1-3H3,(H,15,16). The number of pyridine rings is 1. The third kappa shape index (κ3) is 3.55. The number of nitrogens with zero attached hydrogens (tertiary/aromatic N) is 2. The van der Waals surface area contributed by atoms with Crippen LogP contribution in [0.2, 0.25) is 5.02 Å². The molecule has 20 heavy (non-hydrogen) atoms. The Balaban J connectivity index is 2.34. The van der Waals surface area contributed by atoms with Crippen molar-refractivity contribution in [2.24, 2.45) is 5.92 Å². The summed E-state index contributed by atoms with van der Waals surface area (Å²) in [7, 11) is -1.91. The van der Waals surface area contributed by atoms with Crippen molar-refractivity contribution < 1.29 is 8.42 Å². The van der Waals surface area contributed by atoms with Crippen LogP contribution >= 0.6 is 11.6 Å². The Morgan fingerprint density at radius 1 is 1.50 bits per heavy atom. The van der Waals surface area contributed by atoms with Crippen LogP contribution in [0.1, 0.15) is 25.3 Å². The average molecular weight is 318 g/mol. The molecule has 2 rings (SSSR count). The maximum Gasteiger partial charge on any atom is 0.233 e. The fraction of sp³-hybridized carbons (Fsp3) is 0.615. The van der Waals surface area contributed by atoms with Crippen LogP contribution in [0.4, 0.5) is 11.6 Å². The maximum atomic E-state index is 11.7. The number of hydrogen-bond donors (Lipinski definition) is 1. The minimum Gasteiger partial charge on any atom is -0.370 e. The summed E-state index contributed by atoms with van der Waals surface area (Å²) in [5.74, 6) is 1.68. The van der Waals surface area contributed by atoms with Gasteiger partial charge < -0.3 is 5.32 Å². The molecule has 1 aromatic rings. The fourth-order valence-electron chi connectivity index (χ4n) is 1.85. The summed E-state index contributed by atoms with van der Waals surface area (Å²) in [6.45, 7) is 2.86. The number of nitrogens with one attached hydrogen (secondary N) is 1. The highest BCUT2D eigenvalue weighted by atomic mass is 35.5. The van der Waals surface area contributed by atoms with E-state index >= 15 is 0 Å². The lowest BCUT2D eigenvalue weighted by Crippen LogP contribution is -2.26. The molecule has 0 spiro atoms. The molecule has 0 unspecified atom stereocenters. The fourth-order valence-corrected chi connectivity index (χ4v) is 2.71. The monoisotopic (exact) mass is 317 g/mol. The van der Waals surface area contributed by atoms with Gasteiger partial charge in [0.05, 0.1) is 11.3 Å². The topological polar surface area (TPSA) is 62.3 Å². The molecule has 0 radical (unpaired) electrons. The predicted molar refractivity (Wildman–Crippen MR) is 83.1 cm³/mol. The SMILES string of the molecule is CCc1cc(NCC2CC2)nc(N(C)S(C)(=O)=O)c1Cl. The molecule has 1 aliphatic carbocycles. The lowest BCUT2D eigenvalue weighted by atomic mass is 10.2. The molecule has 0 amide bonds. The van der Waals surface area contributed by atoms with E-state index in [1.54, 1.807) is 0 Å². The molecular formula is C13H20ClN3O2S. The van der Waals surface area contributed by atoms with E-state index in [9.17, 15) is 8.42 Å². The Hall–Kier alpha value is -1.01. The van der Waals surface area contributed by atoms with Crippen molar-refractivity contribution in [2.75, 3.05) is 29.5 Å². The van der Waals surface area contributed by atoms with Crippen LogP contribution in [-0.4, -0.2) is 33.2 Å². The second-order valence-corrected chi connectivity index (χ2v) is 7.60. The first-order valence-electron chi connectivity index (χ1n) is 6.70. The van der Waals surface area contributed by atoms with Crippen molar-refractivity contribution in [2.45, 2.75) is 26.2 Å². The van der Waals surface area contributed by atoms with E-state index < -0.39 is 10.0 Å². The van der Waals surface area contributed by atoms with Crippen molar-refractivity contribution in [3.8, 4) is 0 Å². The number of aromatic nitrogens is 1. The van der Waals surface area contributed by atoms with Crippen molar-refractivity contribution in [3.05, 3.63) is 16.7 Å². The first kappa shape index (κ1) is 15.4. The van der Waals surface area contributed by atoms with Crippen LogP contribution < -0.4 is 9.62 Å². The normalized spacial score (nSPS) is 15.2. The number of anilines is 2. The Morgan fingerprint density at radius 3 is 2.65 bits per heavy atom. The third-order valence-corrected chi connectivity index (χ3v) is 5.04. The minimum atomic E-state index is -3.38. The highest BCUT2D eigenvalue weighted by molar-refractivity contribution is 7.92. The largest absolute Gasteiger partial charge is 0.370 e. The second-order valence-electron chi connectivity index (χ2n) is 5.21. The number of rotatable bonds is 6. The van der Waals surface area contributed by atoms with Gasteiger partial charge in [-0.15, -0.1) is 0 Å². The summed E-state index contributed by atoms with van der Waals surface area (Å²) in [5, 5.41) is 3.66. The second kappa shape index (κ2) is 5.77. The number of hydrogen-bond acceptors (Lipinski definition) is 4. The summed E-state index contributed by atoms with van der Waals surface area (Å²) in [6.07, 6.45) is 4.36. The molecule has 1 fully saturated rings. The molecule has 5 nitrogen and oxygen atoms in total. The van der Waals surface area contributed by atoms with E-state index in [-0.39, 0.29) is 5.82 Å². The zero-order chi connectivity index (χ0) is 14.9. The van der Waals surface area contributed by atoms with Gasteiger partial charge in [-0.2, -0.15) is 0 Å². The molecule has 1 aromatic heterocycles. The molecule has 0 bridgehead atoms. The van der Waals surface area contributed by atoms with Gasteiger partial charge in [-0.05, 0) is 36.8 Å². The maximum absolute atomic E-state index is 11.7. The lowest BCUT2D eigenvalue weighted by molar-refractivity contribution is 0.600. The van der Waals surface area contributed by atoms with Gasteiger partial charge >= 0.3 is 0 Å². The van der Waals surface area contributed by atoms with Crippen LogP contribution in [0.15, 0.2) is 6.07 Å². The van der Waals surface area contributed by atoms with Gasteiger partial charge in [-0.3, -0.25) is 4.31 Å². The molecule has 1 aliphatic rings. The number of sulfonamides is 1. The summed E-state index contributed by atoms with van der Waals surface area (Å²) in [5.41, 5.74) is 0.894. The van der Waals surface area contributed by atoms with Gasteiger partial charge in [0.1, 0.15) is 5.82 Å². The van der Waals surface area contributed by atoms with E-state index in [1.165, 1.54) is 19.9 Å². The van der Waals surface area contributed by atoms with E-state index in [1.807, 2.05) is 13.0 Å². The third-order valence-electron chi connectivity index (χ3n) is 3.46. The zero-order valence-corrected chi connectivity index (χ0v) is 13.6. The van der Waals surface area contributed by atoms with Gasteiger partial charge in [-0.25, -0.2) is 13.4 Å². The molecule has 112 valence electrons. The van der Waals surface area contributed by atoms with Crippen molar-refractivity contribution in [1.29, 1.82) is 0 Å². The molecule has 0 atom stereocenters. The molecule has 0 aliphatic heterocycles. The zero-order valence-electron chi connectivity index (χ0n) is 12.0. The molecule has 1 heterocycles. The van der Waals surface area contributed by atoms with Crippen molar-refractivity contribution in [3.63, 3.8) is 0 Å². The first-order chi connectivity index (χ1) is 9.32. The molecule has 0 aromatic carbocycles. The van der Waals surface area contributed by atoms with Gasteiger partial charge in [0.15, 0.2) is 5.82 Å². The quantitative estimate of drug-likeness (QED) is 0.875.